The quantitative estimate of drug-likeness (QED) is 0.205. The first-order valence-corrected chi connectivity index (χ1v) is 13.5. The first kappa shape index (κ1) is 28.1. The zero-order valence-corrected chi connectivity index (χ0v) is 22.8. The number of hydrogen-bond donors (Lipinski definition) is 2. The predicted octanol–water partition coefficient (Wildman–Crippen LogP) is 6.84. The van der Waals surface area contributed by atoms with E-state index in [9.17, 15) is 9.90 Å². The molecule has 3 rings (SSSR count). The summed E-state index contributed by atoms with van der Waals surface area (Å²) in [5, 5.41) is 18.2. The van der Waals surface area contributed by atoms with Crippen molar-refractivity contribution in [2.24, 2.45) is 0 Å². The molecule has 0 heterocycles. The maximum atomic E-state index is 12.2. The lowest BCUT2D eigenvalue weighted by Crippen LogP contribution is -2.34. The van der Waals surface area contributed by atoms with Crippen LogP contribution in [0.3, 0.4) is 0 Å². The van der Waals surface area contributed by atoms with E-state index in [-0.39, 0.29) is 17.4 Å². The molecule has 1 aliphatic rings. The van der Waals surface area contributed by atoms with Gasteiger partial charge in [0.1, 0.15) is 12.7 Å². The highest BCUT2D eigenvalue weighted by Crippen LogP contribution is 2.47. The van der Waals surface area contributed by atoms with Gasteiger partial charge in [0, 0.05) is 0 Å². The van der Waals surface area contributed by atoms with E-state index in [1.807, 2.05) is 12.1 Å². The summed E-state index contributed by atoms with van der Waals surface area (Å²) < 4.78 is 5.04. The number of aliphatic hydroxyl groups is 2. The number of ether oxygens (including phenoxy) is 1. The van der Waals surface area contributed by atoms with Crippen LogP contribution in [-0.4, -0.2) is 35.5 Å². The van der Waals surface area contributed by atoms with Crippen molar-refractivity contribution in [2.75, 3.05) is 13.2 Å². The molecule has 0 fully saturated rings. The van der Waals surface area contributed by atoms with Crippen molar-refractivity contribution in [3.05, 3.63) is 69.8 Å². The van der Waals surface area contributed by atoms with E-state index in [1.165, 1.54) is 60.8 Å². The molecule has 4 nitrogen and oxygen atoms in total. The van der Waals surface area contributed by atoms with Crippen molar-refractivity contribution in [3.63, 3.8) is 0 Å². The van der Waals surface area contributed by atoms with Crippen LogP contribution in [-0.2, 0) is 22.0 Å². The van der Waals surface area contributed by atoms with Crippen molar-refractivity contribution in [1.82, 2.24) is 0 Å². The highest BCUT2D eigenvalue weighted by atomic mass is 16.5. The number of esters is 1. The largest absolute Gasteiger partial charge is 0.459 e. The molecule has 0 radical (unpaired) electrons. The Balaban J connectivity index is 1.86. The summed E-state index contributed by atoms with van der Waals surface area (Å²) >= 11 is 0. The Kier molecular flexibility index (Phi) is 9.54. The lowest BCUT2D eigenvalue weighted by molar-refractivity contribution is 0.00933. The van der Waals surface area contributed by atoms with Gasteiger partial charge in [0.05, 0.1) is 12.2 Å². The Hall–Kier alpha value is -2.43. The lowest BCUT2D eigenvalue weighted by atomic mass is 9.62. The smallest absolute Gasteiger partial charge is 0.338 e. The molecule has 1 aliphatic carbocycles. The van der Waals surface area contributed by atoms with Crippen molar-refractivity contribution in [1.29, 1.82) is 0 Å². The molecule has 0 spiro atoms. The zero-order chi connectivity index (χ0) is 26.3. The van der Waals surface area contributed by atoms with Crippen LogP contribution in [0.25, 0.3) is 12.2 Å². The Bertz CT molecular complexity index is 1050. The van der Waals surface area contributed by atoms with Gasteiger partial charge in [-0.25, -0.2) is 4.79 Å². The van der Waals surface area contributed by atoms with Crippen LogP contribution in [0.5, 0.6) is 0 Å². The molecule has 0 bridgehead atoms. The van der Waals surface area contributed by atoms with E-state index in [2.05, 4.69) is 58.9 Å². The molecular formula is C32H44O4. The predicted molar refractivity (Wildman–Crippen MR) is 148 cm³/mol. The van der Waals surface area contributed by atoms with E-state index in [4.69, 9.17) is 9.84 Å². The van der Waals surface area contributed by atoms with Gasteiger partial charge in [-0.3, -0.25) is 0 Å². The molecule has 2 N–H and O–H groups in total. The van der Waals surface area contributed by atoms with Gasteiger partial charge in [-0.1, -0.05) is 90.3 Å². The third-order valence-electron chi connectivity index (χ3n) is 7.63. The van der Waals surface area contributed by atoms with Gasteiger partial charge in [-0.15, -0.1) is 0 Å². The molecular weight excluding hydrogens is 448 g/mol. The molecule has 196 valence electrons. The molecule has 4 heteroatoms. The Labute approximate surface area is 217 Å². The highest BCUT2D eigenvalue weighted by Gasteiger charge is 2.37. The van der Waals surface area contributed by atoms with Crippen LogP contribution in [0.4, 0.5) is 0 Å². The number of carbonyl (C=O) groups is 1. The van der Waals surface area contributed by atoms with E-state index < -0.39 is 18.7 Å². The summed E-state index contributed by atoms with van der Waals surface area (Å²) in [6, 6.07) is 12.2. The topological polar surface area (TPSA) is 66.8 Å². The molecule has 36 heavy (non-hydrogen) atoms. The second-order valence-corrected chi connectivity index (χ2v) is 11.6. The van der Waals surface area contributed by atoms with Crippen LogP contribution < -0.4 is 0 Å². The summed E-state index contributed by atoms with van der Waals surface area (Å²) in [6.07, 6.45) is 11.8. The molecule has 0 aromatic heterocycles. The number of carbonyl (C=O) groups excluding carboxylic acids is 1. The van der Waals surface area contributed by atoms with E-state index in [0.29, 0.717) is 5.56 Å². The summed E-state index contributed by atoms with van der Waals surface area (Å²) in [6.45, 7) is 11.1. The Morgan fingerprint density at radius 3 is 2.22 bits per heavy atom. The summed E-state index contributed by atoms with van der Waals surface area (Å²) in [5.41, 5.74) is 7.49. The van der Waals surface area contributed by atoms with Crippen LogP contribution in [0, 0.1) is 0 Å². The van der Waals surface area contributed by atoms with E-state index in [0.717, 1.165) is 12.0 Å². The summed E-state index contributed by atoms with van der Waals surface area (Å²) in [7, 11) is 0. The second-order valence-electron chi connectivity index (χ2n) is 11.6. The first-order valence-electron chi connectivity index (χ1n) is 13.5. The highest BCUT2D eigenvalue weighted by molar-refractivity contribution is 5.89. The van der Waals surface area contributed by atoms with Gasteiger partial charge < -0.3 is 14.9 Å². The van der Waals surface area contributed by atoms with Gasteiger partial charge in [0.25, 0.3) is 0 Å². The standard InChI is InChI=1S/C32H44O4/c1-6-7-8-9-10-25-19-28-29(32(4,5)18-17-31(28,2)3)20-26(25)16-13-23-11-14-24(15-12-23)30(35)36-22-27(34)21-33/h11-16,19-20,27,33-34H,6-10,17-18,21-22H2,1-5H3/b16-13+. The molecule has 0 amide bonds. The fourth-order valence-corrected chi connectivity index (χ4v) is 5.01. The molecule has 0 saturated heterocycles. The average molecular weight is 493 g/mol. The van der Waals surface area contributed by atoms with E-state index >= 15 is 0 Å². The minimum atomic E-state index is -1.06. The van der Waals surface area contributed by atoms with Gasteiger partial charge in [-0.2, -0.15) is 0 Å². The number of hydrogen-bond acceptors (Lipinski definition) is 4. The van der Waals surface area contributed by atoms with Gasteiger partial charge >= 0.3 is 5.97 Å². The van der Waals surface area contributed by atoms with Crippen LogP contribution >= 0.6 is 0 Å². The molecule has 0 aliphatic heterocycles. The van der Waals surface area contributed by atoms with E-state index in [1.54, 1.807) is 12.1 Å². The normalized spacial score (nSPS) is 17.1. The number of benzene rings is 2. The number of fused-ring (bicyclic) bond motifs is 1. The monoisotopic (exact) mass is 492 g/mol. The summed E-state index contributed by atoms with van der Waals surface area (Å²) in [4.78, 5) is 12.2. The molecule has 2 aromatic carbocycles. The van der Waals surface area contributed by atoms with Gasteiger partial charge in [0.2, 0.25) is 0 Å². The first-order chi connectivity index (χ1) is 17.1. The number of aliphatic hydroxyl groups excluding tert-OH is 2. The minimum Gasteiger partial charge on any atom is -0.459 e. The maximum absolute atomic E-state index is 12.2. The lowest BCUT2D eigenvalue weighted by Gasteiger charge is -2.42. The summed E-state index contributed by atoms with van der Waals surface area (Å²) in [5.74, 6) is -0.507. The third kappa shape index (κ3) is 7.08. The molecule has 0 saturated carbocycles. The molecule has 1 atom stereocenters. The van der Waals surface area contributed by atoms with Crippen molar-refractivity contribution in [2.45, 2.75) is 96.5 Å². The average Bonchev–Trinajstić information content (AvgIpc) is 2.86. The fourth-order valence-electron chi connectivity index (χ4n) is 5.01. The third-order valence-corrected chi connectivity index (χ3v) is 7.63. The Morgan fingerprint density at radius 2 is 1.61 bits per heavy atom. The molecule has 1 unspecified atom stereocenters. The number of unbranched alkanes of at least 4 members (excludes halogenated alkanes) is 3. The van der Waals surface area contributed by atoms with Gasteiger partial charge in [-0.05, 0) is 76.5 Å². The maximum Gasteiger partial charge on any atom is 0.338 e. The number of rotatable bonds is 11. The Morgan fingerprint density at radius 1 is 0.972 bits per heavy atom. The number of aryl methyl sites for hydroxylation is 1. The van der Waals surface area contributed by atoms with Crippen molar-refractivity contribution in [3.8, 4) is 0 Å². The second kappa shape index (κ2) is 12.2. The van der Waals surface area contributed by atoms with Crippen LogP contribution in [0.2, 0.25) is 0 Å². The van der Waals surface area contributed by atoms with Crippen molar-refractivity contribution < 1.29 is 19.7 Å². The fraction of sp³-hybridized carbons (Fsp3) is 0.531. The SMILES string of the molecule is CCCCCCc1cc2c(cc1/C=C/c1ccc(C(=O)OCC(O)CO)cc1)C(C)(C)CCC2(C)C. The van der Waals surface area contributed by atoms with Crippen LogP contribution in [0.1, 0.15) is 111 Å². The van der Waals surface area contributed by atoms with Crippen molar-refractivity contribution >= 4 is 18.1 Å². The zero-order valence-electron chi connectivity index (χ0n) is 22.8. The molecule has 2 aromatic rings. The van der Waals surface area contributed by atoms with Gasteiger partial charge in [0.15, 0.2) is 0 Å². The minimum absolute atomic E-state index is 0.166. The van der Waals surface area contributed by atoms with Crippen LogP contribution in [0.15, 0.2) is 36.4 Å².